The maximum atomic E-state index is 2.42. The minimum absolute atomic E-state index is 1.08. The maximum absolute atomic E-state index is 2.42. The highest BCUT2D eigenvalue weighted by Crippen LogP contribution is 2.45. The van der Waals surface area contributed by atoms with Gasteiger partial charge in [-0.3, -0.25) is 0 Å². The van der Waals surface area contributed by atoms with E-state index in [1.165, 1.54) is 85.9 Å². The number of benzene rings is 9. The summed E-state index contributed by atoms with van der Waals surface area (Å²) in [7, 11) is 0. The van der Waals surface area contributed by atoms with Gasteiger partial charge in [0, 0.05) is 37.1 Å². The number of fused-ring (bicyclic) bond motifs is 10. The third-order valence-corrected chi connectivity index (χ3v) is 12.7. The van der Waals surface area contributed by atoms with E-state index < -0.39 is 0 Å². The number of hydrogen-bond donors (Lipinski definition) is 0. The minimum atomic E-state index is 1.08. The second kappa shape index (κ2) is 13.5. The lowest BCUT2D eigenvalue weighted by atomic mass is 9.87. The number of anilines is 3. The molecule has 264 valence electrons. The molecule has 0 radical (unpaired) electrons. The largest absolute Gasteiger partial charge is 0.310 e. The number of aryl methyl sites for hydroxylation is 1. The first kappa shape index (κ1) is 32.7. The minimum Gasteiger partial charge on any atom is -0.310 e. The van der Waals surface area contributed by atoms with Crippen molar-refractivity contribution in [2.24, 2.45) is 0 Å². The van der Waals surface area contributed by atoms with Crippen molar-refractivity contribution in [3.63, 3.8) is 0 Å². The second-order valence-corrected chi connectivity index (χ2v) is 15.8. The average molecular weight is 732 g/mol. The molecule has 1 aromatic heterocycles. The Balaban J connectivity index is 1.02. The first-order valence-corrected chi connectivity index (χ1v) is 20.3. The molecule has 0 unspecified atom stereocenters. The van der Waals surface area contributed by atoms with Crippen molar-refractivity contribution < 1.29 is 0 Å². The Hall–Kier alpha value is -6.74. The summed E-state index contributed by atoms with van der Waals surface area (Å²) in [5.41, 5.74) is 11.0. The molecule has 1 aliphatic carbocycles. The summed E-state index contributed by atoms with van der Waals surface area (Å²) in [5.74, 6) is 0. The van der Waals surface area contributed by atoms with Gasteiger partial charge in [0.25, 0.3) is 0 Å². The van der Waals surface area contributed by atoms with Crippen LogP contribution >= 0.6 is 11.3 Å². The van der Waals surface area contributed by atoms with Gasteiger partial charge in [-0.2, -0.15) is 0 Å². The van der Waals surface area contributed by atoms with Crippen LogP contribution in [0.25, 0.3) is 81.8 Å². The van der Waals surface area contributed by atoms with E-state index >= 15 is 0 Å². The van der Waals surface area contributed by atoms with Gasteiger partial charge in [0.2, 0.25) is 0 Å². The molecule has 0 saturated heterocycles. The molecule has 10 aromatic rings. The van der Waals surface area contributed by atoms with Crippen LogP contribution < -0.4 is 4.90 Å². The van der Waals surface area contributed by atoms with Gasteiger partial charge in [-0.15, -0.1) is 11.3 Å². The summed E-state index contributed by atoms with van der Waals surface area (Å²) < 4.78 is 2.63. The van der Waals surface area contributed by atoms with Crippen LogP contribution in [-0.2, 0) is 6.42 Å². The Morgan fingerprint density at radius 2 is 1.25 bits per heavy atom. The van der Waals surface area contributed by atoms with Crippen LogP contribution in [0.4, 0.5) is 17.1 Å². The molecule has 0 N–H and O–H groups in total. The Morgan fingerprint density at radius 1 is 0.518 bits per heavy atom. The normalized spacial score (nSPS) is 12.7. The van der Waals surface area contributed by atoms with Crippen LogP contribution in [0, 0.1) is 0 Å². The zero-order chi connectivity index (χ0) is 37.0. The molecule has 2 heteroatoms. The number of para-hydroxylation sites is 1. The van der Waals surface area contributed by atoms with E-state index in [0.29, 0.717) is 0 Å². The van der Waals surface area contributed by atoms with Crippen molar-refractivity contribution in [3.05, 3.63) is 204 Å². The molecule has 1 nitrogen and oxygen atoms in total. The van der Waals surface area contributed by atoms with Gasteiger partial charge >= 0.3 is 0 Å². The Kier molecular flexibility index (Phi) is 7.89. The molecule has 0 atom stereocenters. The fourth-order valence-electron chi connectivity index (χ4n) is 8.82. The smallest absolute Gasteiger partial charge is 0.0540 e. The van der Waals surface area contributed by atoms with Crippen LogP contribution in [-0.4, -0.2) is 0 Å². The summed E-state index contributed by atoms with van der Waals surface area (Å²) in [4.78, 5) is 2.42. The van der Waals surface area contributed by atoms with E-state index in [1.807, 2.05) is 11.3 Å². The van der Waals surface area contributed by atoms with E-state index in [0.717, 1.165) is 29.9 Å². The van der Waals surface area contributed by atoms with Crippen molar-refractivity contribution in [2.75, 3.05) is 4.90 Å². The highest BCUT2D eigenvalue weighted by Gasteiger charge is 2.19. The van der Waals surface area contributed by atoms with Crippen molar-refractivity contribution in [2.45, 2.75) is 12.8 Å². The molecule has 0 aliphatic heterocycles. The van der Waals surface area contributed by atoms with Gasteiger partial charge in [-0.05, 0) is 103 Å². The molecule has 0 spiro atoms. The van der Waals surface area contributed by atoms with E-state index in [9.17, 15) is 0 Å². The third-order valence-electron chi connectivity index (χ3n) is 11.5. The van der Waals surface area contributed by atoms with Crippen molar-refractivity contribution in [3.8, 4) is 11.1 Å². The highest BCUT2D eigenvalue weighted by atomic mass is 32.1. The molecule has 0 fully saturated rings. The average Bonchev–Trinajstić information content (AvgIpc) is 3.65. The van der Waals surface area contributed by atoms with Crippen LogP contribution in [0.1, 0.15) is 28.7 Å². The monoisotopic (exact) mass is 731 g/mol. The lowest BCUT2D eigenvalue weighted by molar-refractivity contribution is 0.998. The lowest BCUT2D eigenvalue weighted by Gasteiger charge is -2.28. The predicted octanol–water partition coefficient (Wildman–Crippen LogP) is 15.8. The van der Waals surface area contributed by atoms with Crippen molar-refractivity contribution in [1.82, 2.24) is 0 Å². The molecule has 9 aromatic carbocycles. The Bertz CT molecular complexity index is 3180. The summed E-state index contributed by atoms with van der Waals surface area (Å²) in [5, 5.41) is 10.6. The topological polar surface area (TPSA) is 3.24 Å². The number of allylic oxidation sites excluding steroid dienone is 1. The van der Waals surface area contributed by atoms with Crippen molar-refractivity contribution >= 4 is 99.1 Å². The molecule has 0 amide bonds. The lowest BCUT2D eigenvalue weighted by Crippen LogP contribution is -2.11. The third kappa shape index (κ3) is 5.53. The van der Waals surface area contributed by atoms with Gasteiger partial charge in [0.1, 0.15) is 0 Å². The molecule has 0 bridgehead atoms. The first-order chi connectivity index (χ1) is 27.8. The predicted molar refractivity (Wildman–Crippen MR) is 245 cm³/mol. The van der Waals surface area contributed by atoms with Crippen molar-refractivity contribution in [1.29, 1.82) is 0 Å². The standard InChI is InChI=1S/C54H37NS/c1-2-11-37(12-3-1)45-17-8-9-20-50(45)55(44-32-34-48-49-33-29-39-14-5-7-19-47(39)54(49)56-51(48)35-44)43-30-22-36(23-31-43)21-24-40-15-10-16-41-27-28-42-26-25-38-13-4-6-18-46(38)53(42)52(40)41/h1-5,7-17,19-35H,6,18H2. The Morgan fingerprint density at radius 3 is 2.16 bits per heavy atom. The van der Waals surface area contributed by atoms with Gasteiger partial charge in [0.15, 0.2) is 0 Å². The number of rotatable bonds is 6. The maximum Gasteiger partial charge on any atom is 0.0540 e. The molecule has 1 aliphatic rings. The van der Waals surface area contributed by atoms with E-state index in [4.69, 9.17) is 0 Å². The fraction of sp³-hybridized carbons (Fsp3) is 0.0370. The number of thiophene rings is 1. The second-order valence-electron chi connectivity index (χ2n) is 14.8. The Labute approximate surface area is 330 Å². The number of nitrogens with zero attached hydrogens (tertiary/aromatic N) is 1. The summed E-state index contributed by atoms with van der Waals surface area (Å²) >= 11 is 1.89. The van der Waals surface area contributed by atoms with Gasteiger partial charge in [-0.25, -0.2) is 0 Å². The van der Waals surface area contributed by atoms with Gasteiger partial charge in [-0.1, -0.05) is 170 Å². The fourth-order valence-corrected chi connectivity index (χ4v) is 10.1. The SMILES string of the molecule is C1=Cc2ccc3ccc4cccc(C=Cc5ccc(N(c6ccc7c(c6)sc6c8ccccc8ccc76)c6ccccc6-c6ccccc6)cc5)c4c3c2CC1. The molecule has 0 saturated carbocycles. The summed E-state index contributed by atoms with van der Waals surface area (Å²) in [6, 6.07) is 64.6. The van der Waals surface area contributed by atoms with E-state index in [2.05, 4.69) is 205 Å². The quantitative estimate of drug-likeness (QED) is 0.122. The van der Waals surface area contributed by atoms with E-state index in [-0.39, 0.29) is 0 Å². The highest BCUT2D eigenvalue weighted by molar-refractivity contribution is 7.26. The zero-order valence-corrected chi connectivity index (χ0v) is 31.6. The van der Waals surface area contributed by atoms with Crippen LogP contribution in [0.3, 0.4) is 0 Å². The van der Waals surface area contributed by atoms with Crippen LogP contribution in [0.5, 0.6) is 0 Å². The molecule has 11 rings (SSSR count). The molecule has 56 heavy (non-hydrogen) atoms. The van der Waals surface area contributed by atoms with Gasteiger partial charge in [0.05, 0.1) is 5.69 Å². The number of hydrogen-bond acceptors (Lipinski definition) is 2. The summed E-state index contributed by atoms with van der Waals surface area (Å²) in [6.45, 7) is 0. The molecular formula is C54H37NS. The zero-order valence-electron chi connectivity index (χ0n) is 30.8. The van der Waals surface area contributed by atoms with Crippen LogP contribution in [0.15, 0.2) is 182 Å². The first-order valence-electron chi connectivity index (χ1n) is 19.5. The van der Waals surface area contributed by atoms with Gasteiger partial charge < -0.3 is 4.90 Å². The molecular weight excluding hydrogens is 695 g/mol. The molecule has 1 heterocycles. The van der Waals surface area contributed by atoms with E-state index in [1.54, 1.807) is 0 Å². The summed E-state index contributed by atoms with van der Waals surface area (Å²) in [6.07, 6.45) is 11.3. The van der Waals surface area contributed by atoms with Crippen LogP contribution in [0.2, 0.25) is 0 Å².